The van der Waals surface area contributed by atoms with Crippen LogP contribution in [0.1, 0.15) is 5.56 Å². The molecule has 0 fully saturated rings. The number of hydrogen-bond donors (Lipinski definition) is 0. The van der Waals surface area contributed by atoms with Crippen molar-refractivity contribution in [3.8, 4) is 17.0 Å². The Morgan fingerprint density at radius 3 is 2.67 bits per heavy atom. The van der Waals surface area contributed by atoms with Gasteiger partial charge in [-0.15, -0.1) is 0 Å². The summed E-state index contributed by atoms with van der Waals surface area (Å²) in [4.78, 5) is 4.02. The second kappa shape index (κ2) is 7.15. The molecule has 0 radical (unpaired) electrons. The molecule has 124 valence electrons. The van der Waals surface area contributed by atoms with E-state index < -0.39 is 6.61 Å². The van der Waals surface area contributed by atoms with Crippen molar-refractivity contribution in [2.45, 2.75) is 13.2 Å². The molecule has 0 saturated heterocycles. The standard InChI is InChI=1S/C16H11Cl2F2N3O/c17-12-5-10(7-21-8-12)9-23-4-3-14(22-23)11-1-2-15(13(18)6-11)24-16(19)20/h1-8,16H,9H2. The van der Waals surface area contributed by atoms with Gasteiger partial charge in [0, 0.05) is 24.2 Å². The van der Waals surface area contributed by atoms with Crippen molar-refractivity contribution in [1.29, 1.82) is 0 Å². The van der Waals surface area contributed by atoms with Crippen LogP contribution in [0.5, 0.6) is 5.75 Å². The zero-order valence-corrected chi connectivity index (χ0v) is 13.7. The zero-order chi connectivity index (χ0) is 17.1. The molecule has 24 heavy (non-hydrogen) atoms. The SMILES string of the molecule is FC(F)Oc1ccc(-c2ccn(Cc3cncc(Cl)c3)n2)cc1Cl. The minimum Gasteiger partial charge on any atom is -0.433 e. The molecule has 8 heteroatoms. The second-order valence-electron chi connectivity index (χ2n) is 4.93. The van der Waals surface area contributed by atoms with E-state index in [9.17, 15) is 8.78 Å². The summed E-state index contributed by atoms with van der Waals surface area (Å²) in [6, 6.07) is 8.16. The highest BCUT2D eigenvalue weighted by molar-refractivity contribution is 6.32. The summed E-state index contributed by atoms with van der Waals surface area (Å²) in [5.41, 5.74) is 2.27. The molecule has 2 heterocycles. The van der Waals surface area contributed by atoms with Crippen LogP contribution in [-0.4, -0.2) is 21.4 Å². The van der Waals surface area contributed by atoms with E-state index in [1.807, 2.05) is 6.07 Å². The Labute approximate surface area is 146 Å². The molecule has 0 amide bonds. The Hall–Kier alpha value is -2.18. The number of aromatic nitrogens is 3. The van der Waals surface area contributed by atoms with Crippen molar-refractivity contribution in [3.05, 3.63) is 64.5 Å². The van der Waals surface area contributed by atoms with Crippen LogP contribution in [0, 0.1) is 0 Å². The smallest absolute Gasteiger partial charge is 0.387 e. The van der Waals surface area contributed by atoms with Gasteiger partial charge in [0.05, 0.1) is 22.3 Å². The van der Waals surface area contributed by atoms with E-state index in [2.05, 4.69) is 14.8 Å². The summed E-state index contributed by atoms with van der Waals surface area (Å²) in [5, 5.41) is 5.09. The number of nitrogens with zero attached hydrogens (tertiary/aromatic N) is 3. The Bertz CT molecular complexity index is 855. The van der Waals surface area contributed by atoms with Crippen LogP contribution in [0.2, 0.25) is 10.0 Å². The monoisotopic (exact) mass is 369 g/mol. The third-order valence-electron chi connectivity index (χ3n) is 3.19. The first-order valence-corrected chi connectivity index (χ1v) is 7.64. The molecule has 1 aromatic carbocycles. The number of halogens is 4. The van der Waals surface area contributed by atoms with E-state index in [4.69, 9.17) is 23.2 Å². The lowest BCUT2D eigenvalue weighted by molar-refractivity contribution is -0.0497. The Balaban J connectivity index is 1.79. The highest BCUT2D eigenvalue weighted by Gasteiger charge is 2.11. The number of benzene rings is 1. The van der Waals surface area contributed by atoms with E-state index in [0.717, 1.165) is 5.56 Å². The van der Waals surface area contributed by atoms with E-state index >= 15 is 0 Å². The highest BCUT2D eigenvalue weighted by Crippen LogP contribution is 2.30. The summed E-state index contributed by atoms with van der Waals surface area (Å²) >= 11 is 11.9. The number of alkyl halides is 2. The average molecular weight is 370 g/mol. The van der Waals surface area contributed by atoms with Crippen LogP contribution in [-0.2, 0) is 6.54 Å². The number of ether oxygens (including phenoxy) is 1. The molecule has 0 aliphatic rings. The fourth-order valence-corrected chi connectivity index (χ4v) is 2.61. The maximum Gasteiger partial charge on any atom is 0.387 e. The second-order valence-corrected chi connectivity index (χ2v) is 5.78. The number of hydrogen-bond acceptors (Lipinski definition) is 3. The molecule has 0 aliphatic heterocycles. The lowest BCUT2D eigenvalue weighted by atomic mass is 10.1. The van der Waals surface area contributed by atoms with Crippen molar-refractivity contribution in [3.63, 3.8) is 0 Å². The van der Waals surface area contributed by atoms with Gasteiger partial charge in [0.15, 0.2) is 0 Å². The van der Waals surface area contributed by atoms with Gasteiger partial charge in [-0.25, -0.2) is 0 Å². The van der Waals surface area contributed by atoms with Crippen molar-refractivity contribution >= 4 is 23.2 Å². The van der Waals surface area contributed by atoms with Gasteiger partial charge in [0.25, 0.3) is 0 Å². The van der Waals surface area contributed by atoms with E-state index in [-0.39, 0.29) is 10.8 Å². The number of pyridine rings is 1. The van der Waals surface area contributed by atoms with Crippen LogP contribution < -0.4 is 4.74 Å². The molecule has 0 aliphatic carbocycles. The summed E-state index contributed by atoms with van der Waals surface area (Å²) in [5.74, 6) is -0.0696. The maximum absolute atomic E-state index is 12.3. The number of rotatable bonds is 5. The van der Waals surface area contributed by atoms with E-state index in [1.165, 1.54) is 12.1 Å². The van der Waals surface area contributed by atoms with Crippen molar-refractivity contribution in [2.75, 3.05) is 0 Å². The summed E-state index contributed by atoms with van der Waals surface area (Å²) < 4.78 is 30.5. The van der Waals surface area contributed by atoms with Crippen LogP contribution in [0.15, 0.2) is 48.9 Å². The Kier molecular flexibility index (Phi) is 4.97. The minimum atomic E-state index is -2.92. The van der Waals surface area contributed by atoms with Crippen LogP contribution in [0.25, 0.3) is 11.3 Å². The van der Waals surface area contributed by atoms with Crippen LogP contribution >= 0.6 is 23.2 Å². The van der Waals surface area contributed by atoms with Gasteiger partial charge in [-0.05, 0) is 35.9 Å². The van der Waals surface area contributed by atoms with E-state index in [1.54, 1.807) is 35.4 Å². The quantitative estimate of drug-likeness (QED) is 0.641. The largest absolute Gasteiger partial charge is 0.433 e. The molecule has 3 aromatic rings. The van der Waals surface area contributed by atoms with Crippen LogP contribution in [0.4, 0.5) is 8.78 Å². The summed E-state index contributed by atoms with van der Waals surface area (Å²) in [6.07, 6.45) is 5.07. The van der Waals surface area contributed by atoms with Crippen molar-refractivity contribution in [2.24, 2.45) is 0 Å². The Morgan fingerprint density at radius 2 is 1.96 bits per heavy atom. The first-order chi connectivity index (χ1) is 11.5. The summed E-state index contributed by atoms with van der Waals surface area (Å²) in [6.45, 7) is -2.41. The lowest BCUT2D eigenvalue weighted by Gasteiger charge is -2.07. The third kappa shape index (κ3) is 4.01. The predicted octanol–water partition coefficient (Wildman–Crippen LogP) is 4.90. The third-order valence-corrected chi connectivity index (χ3v) is 3.69. The first-order valence-electron chi connectivity index (χ1n) is 6.89. The molecule has 0 unspecified atom stereocenters. The average Bonchev–Trinajstić information content (AvgIpc) is 2.97. The van der Waals surface area contributed by atoms with Gasteiger partial charge in [-0.3, -0.25) is 9.67 Å². The fourth-order valence-electron chi connectivity index (χ4n) is 2.18. The van der Waals surface area contributed by atoms with Crippen LogP contribution in [0.3, 0.4) is 0 Å². The topological polar surface area (TPSA) is 39.9 Å². The fraction of sp³-hybridized carbons (Fsp3) is 0.125. The van der Waals surface area contributed by atoms with Gasteiger partial charge in [-0.1, -0.05) is 23.2 Å². The van der Waals surface area contributed by atoms with Crippen molar-refractivity contribution in [1.82, 2.24) is 14.8 Å². The van der Waals surface area contributed by atoms with Gasteiger partial charge >= 0.3 is 6.61 Å². The molecule has 0 bridgehead atoms. The maximum atomic E-state index is 12.3. The predicted molar refractivity (Wildman–Crippen MR) is 87.7 cm³/mol. The molecular formula is C16H11Cl2F2N3O. The molecular weight excluding hydrogens is 359 g/mol. The molecule has 0 spiro atoms. The lowest BCUT2D eigenvalue weighted by Crippen LogP contribution is -2.02. The molecule has 0 saturated carbocycles. The molecule has 3 rings (SSSR count). The summed E-state index contributed by atoms with van der Waals surface area (Å²) in [7, 11) is 0. The van der Waals surface area contributed by atoms with E-state index in [0.29, 0.717) is 22.8 Å². The zero-order valence-electron chi connectivity index (χ0n) is 12.2. The van der Waals surface area contributed by atoms with Gasteiger partial charge in [0.1, 0.15) is 5.75 Å². The van der Waals surface area contributed by atoms with Crippen molar-refractivity contribution < 1.29 is 13.5 Å². The normalized spacial score (nSPS) is 11.0. The first kappa shape index (κ1) is 16.7. The molecule has 0 N–H and O–H groups in total. The molecule has 0 atom stereocenters. The Morgan fingerprint density at radius 1 is 1.12 bits per heavy atom. The highest BCUT2D eigenvalue weighted by atomic mass is 35.5. The molecule has 4 nitrogen and oxygen atoms in total. The molecule has 2 aromatic heterocycles. The minimum absolute atomic E-state index is 0.0696. The van der Waals surface area contributed by atoms with Gasteiger partial charge in [-0.2, -0.15) is 13.9 Å². The van der Waals surface area contributed by atoms with Gasteiger partial charge in [0.2, 0.25) is 0 Å². The van der Waals surface area contributed by atoms with Gasteiger partial charge < -0.3 is 4.74 Å².